The Morgan fingerprint density at radius 3 is 2.79 bits per heavy atom. The van der Waals surface area contributed by atoms with Gasteiger partial charge in [-0.05, 0) is 30.7 Å². The van der Waals surface area contributed by atoms with E-state index in [-0.39, 0.29) is 0 Å². The molecule has 7 heteroatoms. The third-order valence-electron chi connectivity index (χ3n) is 4.97. The van der Waals surface area contributed by atoms with Crippen LogP contribution < -0.4 is 0 Å². The number of nitrogens with one attached hydrogen (secondary N) is 1. The molecule has 3 aromatic heterocycles. The highest BCUT2D eigenvalue weighted by Gasteiger charge is 2.19. The van der Waals surface area contributed by atoms with Crippen molar-refractivity contribution in [3.8, 4) is 17.1 Å². The van der Waals surface area contributed by atoms with Gasteiger partial charge in [0, 0.05) is 47.8 Å². The number of rotatable bonds is 5. The predicted octanol–water partition coefficient (Wildman–Crippen LogP) is 4.75. The topological polar surface area (TPSA) is 64.3 Å². The molecule has 0 bridgehead atoms. The van der Waals surface area contributed by atoms with Crippen LogP contribution in [0.1, 0.15) is 11.4 Å². The molecule has 2 aromatic carbocycles. The molecule has 0 aliphatic rings. The normalized spacial score (nSPS) is 11.4. The summed E-state index contributed by atoms with van der Waals surface area (Å²) in [4.78, 5) is 7.77. The van der Waals surface area contributed by atoms with E-state index in [1.54, 1.807) is 11.8 Å². The van der Waals surface area contributed by atoms with E-state index in [1.165, 1.54) is 5.56 Å². The molecule has 0 spiro atoms. The Balaban J connectivity index is 1.63. The lowest BCUT2D eigenvalue weighted by Gasteiger charge is -2.11. The minimum absolute atomic E-state index is 0.724. The van der Waals surface area contributed by atoms with E-state index in [1.807, 2.05) is 42.3 Å². The Morgan fingerprint density at radius 2 is 1.97 bits per heavy atom. The first kappa shape index (κ1) is 17.8. The molecule has 29 heavy (non-hydrogen) atoms. The van der Waals surface area contributed by atoms with Crippen molar-refractivity contribution in [3.63, 3.8) is 0 Å². The summed E-state index contributed by atoms with van der Waals surface area (Å²) in [7, 11) is 2.01. The minimum atomic E-state index is 0.724. The number of H-pyrrole nitrogens is 1. The Bertz CT molecular complexity index is 1300. The molecule has 0 unspecified atom stereocenters. The fourth-order valence-corrected chi connectivity index (χ4v) is 4.41. The summed E-state index contributed by atoms with van der Waals surface area (Å²) in [5.74, 6) is 2.55. The molecule has 0 amide bonds. The second-order valence-corrected chi connectivity index (χ2v) is 7.91. The maximum Gasteiger partial charge on any atom is 0.196 e. The highest BCUT2D eigenvalue weighted by molar-refractivity contribution is 7.98. The monoisotopic (exact) mass is 400 g/mol. The van der Waals surface area contributed by atoms with Crippen molar-refractivity contribution in [1.82, 2.24) is 29.3 Å². The van der Waals surface area contributed by atoms with Crippen LogP contribution in [0.3, 0.4) is 0 Å². The van der Waals surface area contributed by atoms with Gasteiger partial charge in [0.15, 0.2) is 11.0 Å². The standard InChI is InChI=1S/C22H20N6S/c1-15-6-5-7-16(12-15)28-21(18-13-24-19-9-4-3-8-17(18)19)25-26-22(28)29-14-20-23-10-11-27(20)2/h3-13,24H,14H2,1-2H3. The molecule has 0 atom stereocenters. The van der Waals surface area contributed by atoms with E-state index in [0.29, 0.717) is 0 Å². The summed E-state index contributed by atoms with van der Waals surface area (Å²) >= 11 is 1.64. The average molecular weight is 401 g/mol. The van der Waals surface area contributed by atoms with Gasteiger partial charge in [0.1, 0.15) is 5.82 Å². The second kappa shape index (κ2) is 7.25. The van der Waals surface area contributed by atoms with Gasteiger partial charge >= 0.3 is 0 Å². The number of nitrogens with zero attached hydrogens (tertiary/aromatic N) is 5. The minimum Gasteiger partial charge on any atom is -0.360 e. The van der Waals surface area contributed by atoms with Crippen molar-refractivity contribution < 1.29 is 0 Å². The summed E-state index contributed by atoms with van der Waals surface area (Å²) in [6.45, 7) is 2.10. The molecule has 0 aliphatic heterocycles. The van der Waals surface area contributed by atoms with Crippen molar-refractivity contribution in [2.24, 2.45) is 7.05 Å². The van der Waals surface area contributed by atoms with Gasteiger partial charge in [-0.3, -0.25) is 4.57 Å². The lowest BCUT2D eigenvalue weighted by atomic mass is 10.1. The van der Waals surface area contributed by atoms with Crippen LogP contribution in [0.2, 0.25) is 0 Å². The maximum atomic E-state index is 4.58. The third kappa shape index (κ3) is 3.23. The molecule has 0 fully saturated rings. The number of benzene rings is 2. The number of hydrogen-bond acceptors (Lipinski definition) is 4. The van der Waals surface area contributed by atoms with Crippen molar-refractivity contribution in [1.29, 1.82) is 0 Å². The van der Waals surface area contributed by atoms with Crippen molar-refractivity contribution in [2.45, 2.75) is 17.8 Å². The molecule has 1 N–H and O–H groups in total. The summed E-state index contributed by atoms with van der Waals surface area (Å²) in [6, 6.07) is 16.7. The van der Waals surface area contributed by atoms with E-state index in [9.17, 15) is 0 Å². The van der Waals surface area contributed by atoms with Gasteiger partial charge in [0.2, 0.25) is 0 Å². The zero-order valence-electron chi connectivity index (χ0n) is 16.2. The molecular formula is C22H20N6S. The second-order valence-electron chi connectivity index (χ2n) is 6.97. The zero-order valence-corrected chi connectivity index (χ0v) is 17.0. The Labute approximate surface area is 172 Å². The van der Waals surface area contributed by atoms with Gasteiger partial charge in [-0.15, -0.1) is 10.2 Å². The van der Waals surface area contributed by atoms with Crippen LogP contribution in [-0.2, 0) is 12.8 Å². The number of aromatic amines is 1. The van der Waals surface area contributed by atoms with Gasteiger partial charge in [0.25, 0.3) is 0 Å². The van der Waals surface area contributed by atoms with Gasteiger partial charge in [-0.25, -0.2) is 4.98 Å². The van der Waals surface area contributed by atoms with Gasteiger partial charge in [-0.2, -0.15) is 0 Å². The van der Waals surface area contributed by atoms with Crippen LogP contribution in [0.5, 0.6) is 0 Å². The fourth-order valence-electron chi connectivity index (χ4n) is 3.46. The molecule has 5 aromatic rings. The third-order valence-corrected chi connectivity index (χ3v) is 5.90. The van der Waals surface area contributed by atoms with Crippen molar-refractivity contribution in [2.75, 3.05) is 0 Å². The highest BCUT2D eigenvalue weighted by atomic mass is 32.2. The molecule has 6 nitrogen and oxygen atoms in total. The first-order chi connectivity index (χ1) is 14.2. The number of aryl methyl sites for hydroxylation is 2. The van der Waals surface area contributed by atoms with E-state index >= 15 is 0 Å². The zero-order chi connectivity index (χ0) is 19.8. The smallest absolute Gasteiger partial charge is 0.196 e. The first-order valence-corrected chi connectivity index (χ1v) is 10.4. The maximum absolute atomic E-state index is 4.58. The Hall–Kier alpha value is -3.32. The SMILES string of the molecule is Cc1cccc(-n2c(SCc3nccn3C)nnc2-c2c[nH]c3ccccc23)c1. The average Bonchev–Trinajstić information content (AvgIpc) is 3.44. The number of imidazole rings is 1. The molecule has 144 valence electrons. The quantitative estimate of drug-likeness (QED) is 0.433. The number of aromatic nitrogens is 6. The van der Waals surface area contributed by atoms with Crippen LogP contribution in [-0.4, -0.2) is 29.3 Å². The Morgan fingerprint density at radius 1 is 1.07 bits per heavy atom. The largest absolute Gasteiger partial charge is 0.360 e. The van der Waals surface area contributed by atoms with Crippen LogP contribution in [0.4, 0.5) is 0 Å². The van der Waals surface area contributed by atoms with Crippen LogP contribution in [0.15, 0.2) is 72.3 Å². The van der Waals surface area contributed by atoms with E-state index in [2.05, 4.69) is 68.1 Å². The van der Waals surface area contributed by atoms with Crippen LogP contribution in [0, 0.1) is 6.92 Å². The molecule has 0 radical (unpaired) electrons. The first-order valence-electron chi connectivity index (χ1n) is 9.38. The molecule has 5 rings (SSSR count). The summed E-state index contributed by atoms with van der Waals surface area (Å²) in [5.41, 5.74) is 4.38. The molecule has 3 heterocycles. The molecule has 0 aliphatic carbocycles. The summed E-state index contributed by atoms with van der Waals surface area (Å²) in [6.07, 6.45) is 5.78. The fraction of sp³-hybridized carbons (Fsp3) is 0.136. The van der Waals surface area contributed by atoms with Gasteiger partial charge in [0.05, 0.1) is 5.75 Å². The summed E-state index contributed by atoms with van der Waals surface area (Å²) in [5, 5.41) is 11.1. The molecular weight excluding hydrogens is 380 g/mol. The van der Waals surface area contributed by atoms with E-state index < -0.39 is 0 Å². The van der Waals surface area contributed by atoms with Crippen molar-refractivity contribution >= 4 is 22.7 Å². The predicted molar refractivity (Wildman–Crippen MR) is 116 cm³/mol. The van der Waals surface area contributed by atoms with Crippen LogP contribution >= 0.6 is 11.8 Å². The Kier molecular flexibility index (Phi) is 4.44. The molecule has 0 saturated carbocycles. The lowest BCUT2D eigenvalue weighted by Crippen LogP contribution is -2.01. The number of thioether (sulfide) groups is 1. The molecule has 0 saturated heterocycles. The van der Waals surface area contributed by atoms with Crippen LogP contribution in [0.25, 0.3) is 28.0 Å². The number of para-hydroxylation sites is 1. The number of hydrogen-bond donors (Lipinski definition) is 1. The lowest BCUT2D eigenvalue weighted by molar-refractivity contribution is 0.841. The van der Waals surface area contributed by atoms with Gasteiger partial charge < -0.3 is 9.55 Å². The highest BCUT2D eigenvalue weighted by Crippen LogP contribution is 2.33. The van der Waals surface area contributed by atoms with E-state index in [4.69, 9.17) is 0 Å². The van der Waals surface area contributed by atoms with E-state index in [0.717, 1.165) is 44.7 Å². The van der Waals surface area contributed by atoms with Gasteiger partial charge in [-0.1, -0.05) is 42.1 Å². The summed E-state index contributed by atoms with van der Waals surface area (Å²) < 4.78 is 4.16. The number of fused-ring (bicyclic) bond motifs is 1. The van der Waals surface area contributed by atoms with Crippen molar-refractivity contribution in [3.05, 3.63) is 78.5 Å².